The van der Waals surface area contributed by atoms with Gasteiger partial charge in [0, 0.05) is 0 Å². The van der Waals surface area contributed by atoms with Crippen molar-refractivity contribution in [1.29, 1.82) is 0 Å². The molecule has 0 radical (unpaired) electrons. The minimum Gasteiger partial charge on any atom is -0.451 e. The molecule has 0 aliphatic heterocycles. The van der Waals surface area contributed by atoms with E-state index in [0.29, 0.717) is 12.8 Å². The Morgan fingerprint density at radius 3 is 1.70 bits per heavy atom. The Balaban J connectivity index is 4.84. The van der Waals surface area contributed by atoms with E-state index in [1.807, 2.05) is 0 Å². The average molecular weight is 433 g/mol. The largest absolute Gasteiger partial charge is 0.451 e. The number of aliphatic hydroxyl groups is 4. The number of carbonyl (C=O) groups excluding carboxylic acids is 2. The molecule has 0 aromatic carbocycles. The number of Topliss-reactive ketones (excluding diaryl/α,β-unsaturated/α-hetero) is 1. The van der Waals surface area contributed by atoms with Gasteiger partial charge in [0.15, 0.2) is 6.10 Å². The van der Waals surface area contributed by atoms with Crippen LogP contribution in [0.3, 0.4) is 0 Å². The number of ether oxygens (including phenoxy) is 1. The van der Waals surface area contributed by atoms with Crippen LogP contribution >= 0.6 is 0 Å². The molecule has 0 aromatic rings. The molecule has 0 heterocycles. The molecule has 0 aromatic heterocycles. The van der Waals surface area contributed by atoms with Crippen molar-refractivity contribution < 1.29 is 34.8 Å². The topological polar surface area (TPSA) is 124 Å². The van der Waals surface area contributed by atoms with Gasteiger partial charge in [-0.2, -0.15) is 0 Å². The number of rotatable bonds is 20. The van der Waals surface area contributed by atoms with Crippen molar-refractivity contribution in [3.8, 4) is 0 Å². The first kappa shape index (κ1) is 29.0. The van der Waals surface area contributed by atoms with Gasteiger partial charge in [0.25, 0.3) is 0 Å². The van der Waals surface area contributed by atoms with E-state index in [-0.39, 0.29) is 5.92 Å². The van der Waals surface area contributed by atoms with Gasteiger partial charge >= 0.3 is 5.97 Å². The molecule has 0 spiro atoms. The SMILES string of the molecule is CCCCCCCCCC(CCCCCC)C(=O)O[C@H](C(=O)CO)[C@H](O)[C@H](O)CO. The summed E-state index contributed by atoms with van der Waals surface area (Å²) in [5.41, 5.74) is 0. The van der Waals surface area contributed by atoms with Crippen molar-refractivity contribution >= 4 is 11.8 Å². The smallest absolute Gasteiger partial charge is 0.309 e. The summed E-state index contributed by atoms with van der Waals surface area (Å²) in [7, 11) is 0. The minimum atomic E-state index is -1.78. The van der Waals surface area contributed by atoms with Crippen molar-refractivity contribution in [2.75, 3.05) is 13.2 Å². The maximum Gasteiger partial charge on any atom is 0.309 e. The predicted octanol–water partition coefficient (Wildman–Crippen LogP) is 2.90. The fraction of sp³-hybridized carbons (Fsp3) is 0.913. The molecule has 0 amide bonds. The van der Waals surface area contributed by atoms with Gasteiger partial charge in [-0.1, -0.05) is 84.5 Å². The second kappa shape index (κ2) is 18.7. The van der Waals surface area contributed by atoms with Crippen molar-refractivity contribution in [3.05, 3.63) is 0 Å². The lowest BCUT2D eigenvalue weighted by molar-refractivity contribution is -0.173. The highest BCUT2D eigenvalue weighted by Gasteiger charge is 2.36. The van der Waals surface area contributed by atoms with Crippen molar-refractivity contribution in [2.45, 2.75) is 116 Å². The van der Waals surface area contributed by atoms with Gasteiger partial charge in [0.2, 0.25) is 5.78 Å². The zero-order valence-electron chi connectivity index (χ0n) is 18.9. The van der Waals surface area contributed by atoms with Gasteiger partial charge < -0.3 is 25.2 Å². The van der Waals surface area contributed by atoms with Gasteiger partial charge in [-0.05, 0) is 12.8 Å². The number of aliphatic hydroxyl groups excluding tert-OH is 4. The van der Waals surface area contributed by atoms with Gasteiger partial charge in [0.1, 0.15) is 18.8 Å². The normalized spacial score (nSPS) is 15.4. The molecular weight excluding hydrogens is 388 g/mol. The summed E-state index contributed by atoms with van der Waals surface area (Å²) in [6.07, 6.45) is 8.20. The van der Waals surface area contributed by atoms with E-state index in [1.54, 1.807) is 0 Å². The Morgan fingerprint density at radius 1 is 0.767 bits per heavy atom. The molecule has 4 N–H and O–H groups in total. The van der Waals surface area contributed by atoms with Crippen molar-refractivity contribution in [3.63, 3.8) is 0 Å². The highest BCUT2D eigenvalue weighted by Crippen LogP contribution is 2.22. The Kier molecular flexibility index (Phi) is 18.1. The monoisotopic (exact) mass is 432 g/mol. The summed E-state index contributed by atoms with van der Waals surface area (Å²) < 4.78 is 5.25. The average Bonchev–Trinajstić information content (AvgIpc) is 2.76. The van der Waals surface area contributed by atoms with Gasteiger partial charge in [-0.15, -0.1) is 0 Å². The van der Waals surface area contributed by atoms with E-state index in [0.717, 1.165) is 44.9 Å². The molecular formula is C23H44O7. The summed E-state index contributed by atoms with van der Waals surface area (Å²) in [4.78, 5) is 24.7. The molecule has 0 aliphatic carbocycles. The van der Waals surface area contributed by atoms with E-state index in [2.05, 4.69) is 13.8 Å². The first-order valence-corrected chi connectivity index (χ1v) is 11.7. The Bertz CT molecular complexity index is 441. The Labute approximate surface area is 181 Å². The molecule has 4 atom stereocenters. The van der Waals surface area contributed by atoms with E-state index in [9.17, 15) is 19.8 Å². The van der Waals surface area contributed by atoms with Gasteiger partial charge in [0.05, 0.1) is 12.5 Å². The van der Waals surface area contributed by atoms with Crippen LogP contribution in [0.4, 0.5) is 0 Å². The molecule has 178 valence electrons. The molecule has 0 aliphatic rings. The highest BCUT2D eigenvalue weighted by molar-refractivity contribution is 5.87. The summed E-state index contributed by atoms with van der Waals surface area (Å²) in [6.45, 7) is 2.59. The predicted molar refractivity (Wildman–Crippen MR) is 116 cm³/mol. The third-order valence-corrected chi connectivity index (χ3v) is 5.50. The van der Waals surface area contributed by atoms with E-state index < -0.39 is 43.3 Å². The molecule has 0 rings (SSSR count). The van der Waals surface area contributed by atoms with Crippen molar-refractivity contribution in [1.82, 2.24) is 0 Å². The fourth-order valence-corrected chi connectivity index (χ4v) is 3.49. The first-order chi connectivity index (χ1) is 14.4. The van der Waals surface area contributed by atoms with Crippen LogP contribution in [0, 0.1) is 5.92 Å². The van der Waals surface area contributed by atoms with Crippen molar-refractivity contribution in [2.24, 2.45) is 5.92 Å². The zero-order chi connectivity index (χ0) is 22.8. The Morgan fingerprint density at radius 2 is 1.23 bits per heavy atom. The summed E-state index contributed by atoms with van der Waals surface area (Å²) in [5.74, 6) is -1.87. The fourth-order valence-electron chi connectivity index (χ4n) is 3.49. The minimum absolute atomic E-state index is 0.384. The molecule has 7 heteroatoms. The summed E-state index contributed by atoms with van der Waals surface area (Å²) >= 11 is 0. The molecule has 0 bridgehead atoms. The van der Waals surface area contributed by atoms with E-state index in [1.165, 1.54) is 25.7 Å². The molecule has 0 fully saturated rings. The lowest BCUT2D eigenvalue weighted by atomic mass is 9.94. The highest BCUT2D eigenvalue weighted by atomic mass is 16.6. The zero-order valence-corrected chi connectivity index (χ0v) is 18.9. The lowest BCUT2D eigenvalue weighted by Gasteiger charge is -2.26. The van der Waals surface area contributed by atoms with Crippen LogP contribution in [0.5, 0.6) is 0 Å². The summed E-state index contributed by atoms with van der Waals surface area (Å²) in [6, 6.07) is 0. The number of hydrogen-bond acceptors (Lipinski definition) is 7. The second-order valence-electron chi connectivity index (χ2n) is 8.18. The van der Waals surface area contributed by atoms with Gasteiger partial charge in [-0.25, -0.2) is 0 Å². The Hall–Kier alpha value is -1.02. The molecule has 0 saturated carbocycles. The summed E-state index contributed by atoms with van der Waals surface area (Å²) in [5, 5.41) is 37.8. The number of hydrogen-bond donors (Lipinski definition) is 4. The third kappa shape index (κ3) is 12.6. The van der Waals surface area contributed by atoms with Crippen LogP contribution in [-0.2, 0) is 14.3 Å². The number of unbranched alkanes of at least 4 members (excludes halogenated alkanes) is 9. The second-order valence-corrected chi connectivity index (χ2v) is 8.18. The lowest BCUT2D eigenvalue weighted by Crippen LogP contribution is -2.48. The molecule has 1 unspecified atom stereocenters. The van der Waals surface area contributed by atoms with Crippen LogP contribution in [0.1, 0.15) is 97.3 Å². The first-order valence-electron chi connectivity index (χ1n) is 11.7. The van der Waals surface area contributed by atoms with Crippen LogP contribution < -0.4 is 0 Å². The van der Waals surface area contributed by atoms with Crippen LogP contribution in [0.25, 0.3) is 0 Å². The van der Waals surface area contributed by atoms with Gasteiger partial charge in [-0.3, -0.25) is 9.59 Å². The van der Waals surface area contributed by atoms with Crippen LogP contribution in [0.15, 0.2) is 0 Å². The van der Waals surface area contributed by atoms with E-state index in [4.69, 9.17) is 14.9 Å². The molecule has 30 heavy (non-hydrogen) atoms. The number of esters is 1. The molecule has 0 saturated heterocycles. The third-order valence-electron chi connectivity index (χ3n) is 5.50. The number of ketones is 1. The van der Waals surface area contributed by atoms with Crippen LogP contribution in [0.2, 0.25) is 0 Å². The van der Waals surface area contributed by atoms with E-state index >= 15 is 0 Å². The maximum atomic E-state index is 12.7. The quantitative estimate of drug-likeness (QED) is 0.172. The standard InChI is InChI=1S/C23H44O7/c1-3-5-7-9-10-11-13-15-18(14-12-8-6-4-2)23(29)30-22(20(27)17-25)21(28)19(26)16-24/h18-19,21-22,24-26,28H,3-17H2,1-2H3/t18?,19-,21-,22-/m1/s1. The number of carbonyl (C=O) groups is 2. The maximum absolute atomic E-state index is 12.7. The van der Waals surface area contributed by atoms with Crippen LogP contribution in [-0.4, -0.2) is 63.7 Å². The molecule has 7 nitrogen and oxygen atoms in total.